The molecule has 0 N–H and O–H groups in total. The van der Waals surface area contributed by atoms with E-state index >= 15 is 0 Å². The Bertz CT molecular complexity index is 687. The largest absolute Gasteiger partial charge is 0.366 e. The lowest BCUT2D eigenvalue weighted by Crippen LogP contribution is -2.31. The van der Waals surface area contributed by atoms with Crippen LogP contribution in [0.3, 0.4) is 0 Å². The minimum atomic E-state index is -0.633. The third-order valence-corrected chi connectivity index (χ3v) is 4.38. The average Bonchev–Trinajstić information content (AvgIpc) is 2.98. The zero-order valence-corrected chi connectivity index (χ0v) is 12.9. The topological polar surface area (TPSA) is 89.5 Å². The second-order valence-corrected chi connectivity index (χ2v) is 5.96. The summed E-state index contributed by atoms with van der Waals surface area (Å²) >= 11 is 1.63. The Kier molecular flexibility index (Phi) is 4.71. The maximum Gasteiger partial charge on any atom is 0.299 e. The highest BCUT2D eigenvalue weighted by molar-refractivity contribution is 7.09. The Labute approximate surface area is 131 Å². The van der Waals surface area contributed by atoms with Crippen molar-refractivity contribution in [3.8, 4) is 0 Å². The van der Waals surface area contributed by atoms with Gasteiger partial charge in [-0.3, -0.25) is 20.2 Å². The molecule has 116 valence electrons. The molecule has 0 fully saturated rings. The van der Waals surface area contributed by atoms with Gasteiger partial charge in [0.2, 0.25) is 0 Å². The van der Waals surface area contributed by atoms with Crippen LogP contribution < -0.4 is 4.90 Å². The molecule has 0 aliphatic heterocycles. The minimum absolute atomic E-state index is 0.0267. The van der Waals surface area contributed by atoms with E-state index in [1.807, 2.05) is 24.4 Å². The van der Waals surface area contributed by atoms with Gasteiger partial charge in [0.1, 0.15) is 5.69 Å². The van der Waals surface area contributed by atoms with Crippen LogP contribution in [0, 0.1) is 20.2 Å². The number of hydrogen-bond donors (Lipinski definition) is 0. The van der Waals surface area contributed by atoms with E-state index in [4.69, 9.17) is 0 Å². The Morgan fingerprint density at radius 3 is 2.50 bits per heavy atom. The number of anilines is 1. The number of benzene rings is 1. The van der Waals surface area contributed by atoms with Gasteiger partial charge in [0.05, 0.1) is 15.9 Å². The standard InChI is InChI=1S/C14H15N3O4S/c1-10(8-12-4-3-7-22-12)15(2)13-6-5-11(16(18)19)9-14(13)17(20)21/h3-7,9-10H,8H2,1-2H3. The summed E-state index contributed by atoms with van der Waals surface area (Å²) in [5, 5.41) is 24.0. The molecule has 1 aromatic carbocycles. The predicted octanol–water partition coefficient (Wildman–Crippen LogP) is 3.63. The quantitative estimate of drug-likeness (QED) is 0.598. The van der Waals surface area contributed by atoms with E-state index < -0.39 is 9.85 Å². The van der Waals surface area contributed by atoms with Gasteiger partial charge >= 0.3 is 0 Å². The zero-order chi connectivity index (χ0) is 16.3. The fourth-order valence-electron chi connectivity index (χ4n) is 2.16. The lowest BCUT2D eigenvalue weighted by Gasteiger charge is -2.26. The fraction of sp³-hybridized carbons (Fsp3) is 0.286. The van der Waals surface area contributed by atoms with Gasteiger partial charge in [0, 0.05) is 30.5 Å². The molecule has 0 bridgehead atoms. The highest BCUT2D eigenvalue weighted by Gasteiger charge is 2.24. The summed E-state index contributed by atoms with van der Waals surface area (Å²) < 4.78 is 0. The number of nitrogens with zero attached hydrogens (tertiary/aromatic N) is 3. The van der Waals surface area contributed by atoms with E-state index in [0.29, 0.717) is 5.69 Å². The first-order chi connectivity index (χ1) is 10.4. The molecule has 1 heterocycles. The van der Waals surface area contributed by atoms with Crippen molar-refractivity contribution in [1.82, 2.24) is 0 Å². The van der Waals surface area contributed by atoms with Crippen LogP contribution in [0.4, 0.5) is 17.1 Å². The summed E-state index contributed by atoms with van der Waals surface area (Å²) in [7, 11) is 1.76. The predicted molar refractivity (Wildman–Crippen MR) is 85.6 cm³/mol. The van der Waals surface area contributed by atoms with E-state index in [1.54, 1.807) is 23.3 Å². The molecule has 2 aromatic rings. The number of non-ortho nitro benzene ring substituents is 1. The summed E-state index contributed by atoms with van der Waals surface area (Å²) in [5.74, 6) is 0. The van der Waals surface area contributed by atoms with Gasteiger partial charge in [-0.2, -0.15) is 0 Å². The van der Waals surface area contributed by atoms with Gasteiger partial charge < -0.3 is 4.90 Å². The molecule has 22 heavy (non-hydrogen) atoms. The molecule has 7 nitrogen and oxygen atoms in total. The van der Waals surface area contributed by atoms with E-state index in [0.717, 1.165) is 12.5 Å². The van der Waals surface area contributed by atoms with Crippen molar-refractivity contribution in [2.75, 3.05) is 11.9 Å². The number of nitro groups is 2. The second kappa shape index (κ2) is 6.52. The molecule has 0 radical (unpaired) electrons. The SMILES string of the molecule is CC(Cc1cccs1)N(C)c1ccc([N+](=O)[O-])cc1[N+](=O)[O-]. The van der Waals surface area contributed by atoms with Crippen molar-refractivity contribution in [3.63, 3.8) is 0 Å². The average molecular weight is 321 g/mol. The van der Waals surface area contributed by atoms with Crippen LogP contribution in [-0.4, -0.2) is 22.9 Å². The molecule has 1 atom stereocenters. The molecule has 8 heteroatoms. The van der Waals surface area contributed by atoms with Crippen LogP contribution in [-0.2, 0) is 6.42 Å². The second-order valence-electron chi connectivity index (χ2n) is 4.93. The summed E-state index contributed by atoms with van der Waals surface area (Å²) in [5.41, 5.74) is -0.163. The van der Waals surface area contributed by atoms with Gasteiger partial charge in [-0.1, -0.05) is 6.07 Å². The smallest absolute Gasteiger partial charge is 0.299 e. The van der Waals surface area contributed by atoms with Crippen LogP contribution in [0.15, 0.2) is 35.7 Å². The lowest BCUT2D eigenvalue weighted by atomic mass is 10.1. The van der Waals surface area contributed by atoms with Crippen molar-refractivity contribution in [3.05, 3.63) is 60.8 Å². The first-order valence-corrected chi connectivity index (χ1v) is 7.46. The van der Waals surface area contributed by atoms with Gasteiger partial charge in [0.25, 0.3) is 11.4 Å². The van der Waals surface area contributed by atoms with Crippen molar-refractivity contribution in [1.29, 1.82) is 0 Å². The van der Waals surface area contributed by atoms with E-state index in [9.17, 15) is 20.2 Å². The van der Waals surface area contributed by atoms with Gasteiger partial charge in [-0.15, -0.1) is 11.3 Å². The molecule has 2 rings (SSSR count). The summed E-state index contributed by atoms with van der Waals surface area (Å²) in [6.07, 6.45) is 0.752. The molecular formula is C14H15N3O4S. The summed E-state index contributed by atoms with van der Waals surface area (Å²) in [6.45, 7) is 1.96. The van der Waals surface area contributed by atoms with Crippen molar-refractivity contribution in [2.45, 2.75) is 19.4 Å². The van der Waals surface area contributed by atoms with Gasteiger partial charge in [-0.25, -0.2) is 0 Å². The van der Waals surface area contributed by atoms with Crippen LogP contribution in [0.25, 0.3) is 0 Å². The van der Waals surface area contributed by atoms with Gasteiger partial charge in [0.15, 0.2) is 0 Å². The lowest BCUT2D eigenvalue weighted by molar-refractivity contribution is -0.393. The number of likely N-dealkylation sites (N-methyl/N-ethyl adjacent to an activating group) is 1. The molecule has 0 amide bonds. The Hall–Kier alpha value is -2.48. The van der Waals surface area contributed by atoms with Gasteiger partial charge in [-0.05, 0) is 24.4 Å². The highest BCUT2D eigenvalue weighted by atomic mass is 32.1. The number of thiophene rings is 1. The molecule has 1 unspecified atom stereocenters. The minimum Gasteiger partial charge on any atom is -0.366 e. The van der Waals surface area contributed by atoms with Crippen molar-refractivity contribution >= 4 is 28.4 Å². The summed E-state index contributed by atoms with van der Waals surface area (Å²) in [4.78, 5) is 23.7. The normalized spacial score (nSPS) is 11.9. The molecule has 1 aromatic heterocycles. The first-order valence-electron chi connectivity index (χ1n) is 6.58. The van der Waals surface area contributed by atoms with Crippen molar-refractivity contribution < 1.29 is 9.85 Å². The number of hydrogen-bond acceptors (Lipinski definition) is 6. The third-order valence-electron chi connectivity index (χ3n) is 3.48. The summed E-state index contributed by atoms with van der Waals surface area (Å²) in [6, 6.07) is 7.72. The molecular weight excluding hydrogens is 306 g/mol. The molecule has 0 spiro atoms. The molecule has 0 aliphatic carbocycles. The van der Waals surface area contributed by atoms with Crippen LogP contribution >= 0.6 is 11.3 Å². The maximum absolute atomic E-state index is 11.2. The van der Waals surface area contributed by atoms with E-state index in [2.05, 4.69) is 0 Å². The van der Waals surface area contributed by atoms with E-state index in [-0.39, 0.29) is 17.4 Å². The molecule has 0 saturated carbocycles. The highest BCUT2D eigenvalue weighted by Crippen LogP contribution is 2.32. The number of rotatable bonds is 6. The third kappa shape index (κ3) is 3.40. The molecule has 0 saturated heterocycles. The Balaban J connectivity index is 2.29. The first kappa shape index (κ1) is 15.9. The van der Waals surface area contributed by atoms with Crippen molar-refractivity contribution in [2.24, 2.45) is 0 Å². The Morgan fingerprint density at radius 2 is 1.95 bits per heavy atom. The van der Waals surface area contributed by atoms with Crippen LogP contribution in [0.1, 0.15) is 11.8 Å². The van der Waals surface area contributed by atoms with E-state index in [1.165, 1.54) is 17.0 Å². The zero-order valence-electron chi connectivity index (χ0n) is 12.1. The molecule has 0 aliphatic rings. The van der Waals surface area contributed by atoms with Crippen LogP contribution in [0.5, 0.6) is 0 Å². The number of nitro benzene ring substituents is 2. The maximum atomic E-state index is 11.2. The Morgan fingerprint density at radius 1 is 1.23 bits per heavy atom. The van der Waals surface area contributed by atoms with Crippen LogP contribution in [0.2, 0.25) is 0 Å². The fourth-order valence-corrected chi connectivity index (χ4v) is 2.99. The monoisotopic (exact) mass is 321 g/mol.